The highest BCUT2D eigenvalue weighted by molar-refractivity contribution is 6.31. The minimum Gasteiger partial charge on any atom is -0.382 e. The Balaban J connectivity index is 2.78. The van der Waals surface area contributed by atoms with Crippen LogP contribution in [-0.4, -0.2) is 49.0 Å². The van der Waals surface area contributed by atoms with Crippen LogP contribution >= 0.6 is 11.6 Å². The minimum atomic E-state index is -4.79. The molecule has 0 fully saturated rings. The van der Waals surface area contributed by atoms with Crippen molar-refractivity contribution in [3.05, 3.63) is 28.8 Å². The minimum absolute atomic E-state index is 0.129. The van der Waals surface area contributed by atoms with Gasteiger partial charge in [0, 0.05) is 30.4 Å². The van der Waals surface area contributed by atoms with Crippen LogP contribution in [0.2, 0.25) is 5.02 Å². The molecule has 0 aromatic heterocycles. The van der Waals surface area contributed by atoms with Gasteiger partial charge in [-0.1, -0.05) is 17.7 Å². The molecule has 1 aromatic carbocycles. The molecule has 0 heterocycles. The summed E-state index contributed by atoms with van der Waals surface area (Å²) >= 11 is 5.98. The fraction of sp³-hybridized carbons (Fsp3) is 0.462. The lowest BCUT2D eigenvalue weighted by Gasteiger charge is -2.23. The van der Waals surface area contributed by atoms with Crippen molar-refractivity contribution in [3.63, 3.8) is 0 Å². The van der Waals surface area contributed by atoms with E-state index < -0.39 is 24.9 Å². The zero-order chi connectivity index (χ0) is 16.9. The molecule has 0 aliphatic carbocycles. The van der Waals surface area contributed by atoms with Crippen molar-refractivity contribution < 1.29 is 27.8 Å². The molecular formula is C13H16ClF3N2O3. The summed E-state index contributed by atoms with van der Waals surface area (Å²) in [6, 6.07) is 3.93. The molecule has 9 heteroatoms. The maximum absolute atomic E-state index is 12.3. The molecule has 0 unspecified atom stereocenters. The Labute approximate surface area is 130 Å². The number of urea groups is 1. The van der Waals surface area contributed by atoms with Crippen molar-refractivity contribution in [2.45, 2.75) is 18.9 Å². The number of amides is 2. The summed E-state index contributed by atoms with van der Waals surface area (Å²) in [5, 5.41) is 11.8. The van der Waals surface area contributed by atoms with Crippen molar-refractivity contribution in [1.82, 2.24) is 4.90 Å². The van der Waals surface area contributed by atoms with Gasteiger partial charge in [-0.05, 0) is 12.1 Å². The number of anilines is 1. The van der Waals surface area contributed by atoms with Gasteiger partial charge in [-0.15, -0.1) is 0 Å². The van der Waals surface area contributed by atoms with Gasteiger partial charge < -0.3 is 20.1 Å². The first-order valence-corrected chi connectivity index (χ1v) is 6.57. The van der Waals surface area contributed by atoms with Gasteiger partial charge in [0.2, 0.25) is 0 Å². The summed E-state index contributed by atoms with van der Waals surface area (Å²) in [5.41, 5.74) is 0.831. The van der Waals surface area contributed by atoms with Gasteiger partial charge in [-0.3, -0.25) is 0 Å². The third-order valence-corrected chi connectivity index (χ3v) is 3.17. The zero-order valence-corrected chi connectivity index (χ0v) is 12.7. The number of hydrogen-bond acceptors (Lipinski definition) is 3. The summed E-state index contributed by atoms with van der Waals surface area (Å²) in [6.45, 7) is -0.750. The number of hydrogen-bond donors (Lipinski definition) is 2. The highest BCUT2D eigenvalue weighted by Gasteiger charge is 2.39. The molecule has 0 aliphatic heterocycles. The molecule has 5 nitrogen and oxygen atoms in total. The fourth-order valence-corrected chi connectivity index (χ4v) is 1.85. The maximum atomic E-state index is 12.3. The number of nitrogens with zero attached hydrogens (tertiary/aromatic N) is 1. The van der Waals surface area contributed by atoms with Gasteiger partial charge in [-0.25, -0.2) is 4.79 Å². The Morgan fingerprint density at radius 2 is 2.14 bits per heavy atom. The summed E-state index contributed by atoms with van der Waals surface area (Å²) in [6.07, 6.45) is -7.40. The topological polar surface area (TPSA) is 61.8 Å². The summed E-state index contributed by atoms with van der Waals surface area (Å²) in [5.74, 6) is 0. The monoisotopic (exact) mass is 340 g/mol. The predicted octanol–water partition coefficient (Wildman–Crippen LogP) is 2.87. The van der Waals surface area contributed by atoms with Gasteiger partial charge in [0.1, 0.15) is 0 Å². The Morgan fingerprint density at radius 3 is 2.68 bits per heavy atom. The van der Waals surface area contributed by atoms with Crippen LogP contribution in [0.5, 0.6) is 0 Å². The van der Waals surface area contributed by atoms with Gasteiger partial charge in [0.05, 0.1) is 13.2 Å². The predicted molar refractivity (Wildman–Crippen MR) is 75.9 cm³/mol. The van der Waals surface area contributed by atoms with Crippen molar-refractivity contribution in [3.8, 4) is 0 Å². The van der Waals surface area contributed by atoms with E-state index in [-0.39, 0.29) is 6.61 Å². The average Bonchev–Trinajstić information content (AvgIpc) is 2.41. The van der Waals surface area contributed by atoms with Crippen molar-refractivity contribution >= 4 is 23.3 Å². The van der Waals surface area contributed by atoms with Crippen LogP contribution in [0.15, 0.2) is 18.2 Å². The van der Waals surface area contributed by atoms with Crippen LogP contribution in [0.25, 0.3) is 0 Å². The number of aliphatic hydroxyl groups excluding tert-OH is 1. The smallest absolute Gasteiger partial charge is 0.382 e. The van der Waals surface area contributed by atoms with Gasteiger partial charge >= 0.3 is 12.2 Å². The van der Waals surface area contributed by atoms with E-state index in [0.717, 1.165) is 11.9 Å². The number of carbonyl (C=O) groups excluding carboxylic acids is 1. The lowest BCUT2D eigenvalue weighted by Crippen LogP contribution is -2.43. The molecule has 0 bridgehead atoms. The lowest BCUT2D eigenvalue weighted by atomic mass is 10.2. The summed E-state index contributed by atoms with van der Waals surface area (Å²) in [4.78, 5) is 12.6. The number of ether oxygens (including phenoxy) is 1. The van der Waals surface area contributed by atoms with Gasteiger partial charge in [-0.2, -0.15) is 13.2 Å². The number of methoxy groups -OCH3 is 1. The van der Waals surface area contributed by atoms with Crippen molar-refractivity contribution in [1.29, 1.82) is 0 Å². The largest absolute Gasteiger partial charge is 0.416 e. The lowest BCUT2D eigenvalue weighted by molar-refractivity contribution is -0.205. The zero-order valence-electron chi connectivity index (χ0n) is 11.9. The second-order valence-corrected chi connectivity index (χ2v) is 4.97. The molecule has 22 heavy (non-hydrogen) atoms. The quantitative estimate of drug-likeness (QED) is 0.866. The third-order valence-electron chi connectivity index (χ3n) is 2.82. The number of aliphatic hydroxyl groups is 1. The van der Waals surface area contributed by atoms with Gasteiger partial charge in [0.15, 0.2) is 6.10 Å². The third kappa shape index (κ3) is 5.04. The molecule has 1 atom stereocenters. The van der Waals surface area contributed by atoms with Crippen LogP contribution in [-0.2, 0) is 11.3 Å². The molecule has 2 N–H and O–H groups in total. The van der Waals surface area contributed by atoms with Crippen LogP contribution in [0.1, 0.15) is 5.56 Å². The average molecular weight is 341 g/mol. The highest BCUT2D eigenvalue weighted by atomic mass is 35.5. The van der Waals surface area contributed by atoms with E-state index in [1.165, 1.54) is 7.11 Å². The Kier molecular flexibility index (Phi) is 6.46. The summed E-state index contributed by atoms with van der Waals surface area (Å²) < 4.78 is 41.8. The molecule has 0 spiro atoms. The molecular weight excluding hydrogens is 325 g/mol. The van der Waals surface area contributed by atoms with Crippen LogP contribution in [0, 0.1) is 0 Å². The van der Waals surface area contributed by atoms with Crippen LogP contribution < -0.4 is 5.32 Å². The first-order chi connectivity index (χ1) is 10.2. The number of alkyl halides is 3. The number of carbonyl (C=O) groups is 1. The Morgan fingerprint density at radius 1 is 1.50 bits per heavy atom. The molecule has 1 rings (SSSR count). The van der Waals surface area contributed by atoms with E-state index in [4.69, 9.17) is 21.4 Å². The van der Waals surface area contributed by atoms with E-state index in [9.17, 15) is 18.0 Å². The van der Waals surface area contributed by atoms with E-state index in [2.05, 4.69) is 5.32 Å². The first kappa shape index (κ1) is 18.5. The maximum Gasteiger partial charge on any atom is 0.416 e. The first-order valence-electron chi connectivity index (χ1n) is 6.20. The molecule has 2 amide bonds. The van der Waals surface area contributed by atoms with Crippen molar-refractivity contribution in [2.75, 3.05) is 26.0 Å². The van der Waals surface area contributed by atoms with Crippen LogP contribution in [0.3, 0.4) is 0 Å². The molecule has 0 radical (unpaired) electrons. The van der Waals surface area contributed by atoms with E-state index >= 15 is 0 Å². The molecule has 0 saturated carbocycles. The Hall–Kier alpha value is -1.51. The molecule has 0 saturated heterocycles. The number of nitrogens with one attached hydrogen (secondary N) is 1. The van der Waals surface area contributed by atoms with E-state index in [0.29, 0.717) is 16.3 Å². The van der Waals surface area contributed by atoms with Crippen LogP contribution in [0.4, 0.5) is 23.7 Å². The SMILES string of the molecule is COCc1c(Cl)cccc1NC(=O)N(C)C[C@H](O)C(F)(F)F. The fourth-order valence-electron chi connectivity index (χ4n) is 1.62. The number of likely N-dealkylation sites (N-methyl/N-ethyl adjacent to an activating group) is 1. The van der Waals surface area contributed by atoms with E-state index in [1.54, 1.807) is 18.2 Å². The second kappa shape index (κ2) is 7.66. The standard InChI is InChI=1S/C13H16ClF3N2O3/c1-19(6-11(20)13(15,16)17)12(21)18-10-5-3-4-9(14)8(10)7-22-2/h3-5,11,20H,6-7H2,1-2H3,(H,18,21)/t11-/m0/s1. The Bertz CT molecular complexity index is 526. The van der Waals surface area contributed by atoms with Crippen molar-refractivity contribution in [2.24, 2.45) is 0 Å². The van der Waals surface area contributed by atoms with E-state index in [1.807, 2.05) is 0 Å². The van der Waals surface area contributed by atoms with Gasteiger partial charge in [0.25, 0.3) is 0 Å². The molecule has 0 aliphatic rings. The molecule has 1 aromatic rings. The number of benzene rings is 1. The highest BCUT2D eigenvalue weighted by Crippen LogP contribution is 2.25. The second-order valence-electron chi connectivity index (χ2n) is 4.57. The normalized spacial score (nSPS) is 12.9. The molecule has 124 valence electrons. The number of halogens is 4. The summed E-state index contributed by atoms with van der Waals surface area (Å²) in [7, 11) is 2.59. The number of rotatable bonds is 5.